The van der Waals surface area contributed by atoms with Gasteiger partial charge in [-0.2, -0.15) is 79.0 Å². The smallest absolute Gasteiger partial charge is 0.251 e. The molecule has 0 rings (SSSR count). The fourth-order valence-electron chi connectivity index (χ4n) is 5.15. The van der Waals surface area contributed by atoms with E-state index in [1.807, 2.05) is 48.5 Å². The summed E-state index contributed by atoms with van der Waals surface area (Å²) in [5.74, 6) is -7.25. The molecule has 0 saturated heterocycles. The number of alkyl halides is 26. The van der Waals surface area contributed by atoms with Crippen LogP contribution in [-0.2, 0) is 0 Å². The van der Waals surface area contributed by atoms with Gasteiger partial charge in [0.05, 0.1) is 37.0 Å². The lowest BCUT2D eigenvalue weighted by molar-refractivity contribution is -0.335. The van der Waals surface area contributed by atoms with Crippen LogP contribution in [0.2, 0.25) is 0 Å². The van der Waals surface area contributed by atoms with Crippen LogP contribution < -0.4 is 0 Å². The third-order valence-electron chi connectivity index (χ3n) is 17.5. The molecule has 8 unspecified atom stereocenters. The first kappa shape index (κ1) is 137. The second-order valence-corrected chi connectivity index (χ2v) is 35.7. The minimum atomic E-state index is -5.24. The van der Waals surface area contributed by atoms with Gasteiger partial charge in [0.15, 0.2) is 5.41 Å². The van der Waals surface area contributed by atoms with Crippen molar-refractivity contribution in [2.75, 3.05) is 13.3 Å². The molecule has 0 aliphatic heterocycles. The summed E-state index contributed by atoms with van der Waals surface area (Å²) in [4.78, 5) is 0. The zero-order valence-electron chi connectivity index (χ0n) is 88.7. The Morgan fingerprint density at radius 2 is 0.568 bits per heavy atom. The summed E-state index contributed by atoms with van der Waals surface area (Å²) < 4.78 is 346. The molecule has 0 aromatic carbocycles. The molecule has 0 nitrogen and oxygen atoms in total. The Hall–Kier alpha value is -1.82. The van der Waals surface area contributed by atoms with Crippen molar-refractivity contribution in [3.63, 3.8) is 0 Å². The van der Waals surface area contributed by atoms with Crippen molar-refractivity contribution in [3.8, 4) is 0 Å². The van der Waals surface area contributed by atoms with Crippen LogP contribution in [-0.4, -0.2) is 69.2 Å². The molecule has 26 heteroatoms. The maximum absolute atomic E-state index is 12.3. The zero-order valence-corrected chi connectivity index (χ0v) is 82.7. The van der Waals surface area contributed by atoms with E-state index >= 15 is 0 Å². The van der Waals surface area contributed by atoms with Crippen molar-refractivity contribution in [3.05, 3.63) is 0 Å². The predicted molar refractivity (Wildman–Crippen MR) is 461 cm³/mol. The molecular weight excluding hydrogens is 1600 g/mol. The normalized spacial score (nSPS) is 15.0. The molecule has 740 valence electrons. The van der Waals surface area contributed by atoms with Gasteiger partial charge in [0.25, 0.3) is 0 Å². The summed E-state index contributed by atoms with van der Waals surface area (Å²) in [6, 6.07) is 0. The van der Waals surface area contributed by atoms with Gasteiger partial charge in [-0.3, -0.25) is 8.78 Å². The lowest BCUT2D eigenvalue weighted by Gasteiger charge is -2.32. The predicted octanol–water partition coefficient (Wildman–Crippen LogP) is 41.4. The van der Waals surface area contributed by atoms with E-state index in [4.69, 9.17) is 8.22 Å². The van der Waals surface area contributed by atoms with Crippen molar-refractivity contribution in [1.29, 1.82) is 0 Å². The highest BCUT2D eigenvalue weighted by Crippen LogP contribution is 2.52. The van der Waals surface area contributed by atoms with E-state index in [0.717, 1.165) is 72.1 Å². The number of halogens is 26. The molecule has 0 radical (unpaired) electrons. The lowest BCUT2D eigenvalue weighted by Crippen LogP contribution is -2.47. The van der Waals surface area contributed by atoms with Gasteiger partial charge >= 0.3 is 37.1 Å². The minimum Gasteiger partial charge on any atom is -0.251 e. The van der Waals surface area contributed by atoms with E-state index in [9.17, 15) is 114 Å². The second-order valence-electron chi connectivity index (χ2n) is 35.7. The van der Waals surface area contributed by atoms with Crippen LogP contribution in [0.5, 0.6) is 0 Å². The van der Waals surface area contributed by atoms with Crippen molar-refractivity contribution >= 4 is 0 Å². The molecule has 0 amide bonds. The van der Waals surface area contributed by atoms with Gasteiger partial charge in [-0.25, -0.2) is 26.3 Å². The molecule has 0 N–H and O–H groups in total. The first-order chi connectivity index (χ1) is 54.3. The van der Waals surface area contributed by atoms with E-state index in [0.29, 0.717) is 35.5 Å². The quantitative estimate of drug-likeness (QED) is 0.0895. The largest absolute Gasteiger partial charge is 0.402 e. The van der Waals surface area contributed by atoms with Crippen LogP contribution in [0, 0.1) is 92.2 Å². The van der Waals surface area contributed by atoms with E-state index in [1.54, 1.807) is 34.6 Å². The molecule has 0 bridgehead atoms. The van der Waals surface area contributed by atoms with Gasteiger partial charge < -0.3 is 0 Å². The Morgan fingerprint density at radius 1 is 0.280 bits per heavy atom. The Labute approximate surface area is 720 Å². The van der Waals surface area contributed by atoms with E-state index < -0.39 is 135 Å². The highest BCUT2D eigenvalue weighted by Gasteiger charge is 2.66. The molecule has 0 heterocycles. The molecule has 0 saturated carbocycles. The van der Waals surface area contributed by atoms with Crippen molar-refractivity contribution in [1.82, 2.24) is 0 Å². The maximum atomic E-state index is 12.3. The monoisotopic (exact) mass is 1800 g/mol. The molecule has 0 fully saturated rings. The number of rotatable bonds is 23. The molecule has 0 aromatic heterocycles. The first-order valence-corrected chi connectivity index (χ1v) is 42.7. The Bertz CT molecular complexity index is 2090. The second kappa shape index (κ2) is 84.7. The fourth-order valence-corrected chi connectivity index (χ4v) is 5.15. The number of hydrogen-bond donors (Lipinski definition) is 0. The Kier molecular flexibility index (Phi) is 98.1. The minimum absolute atomic E-state index is 0.0509. The molecular formula is C92H190F26. The van der Waals surface area contributed by atoms with E-state index in [2.05, 4.69) is 132 Å². The standard InChI is InChI=1S/C7H16.C6H8F6.2C6H11F3.2C6H12F2.C6H13F.4C6H14.2C5H9F3.C5H10F2.C5H11F.C5H12/c1-5-6-7(2,3)4;1-3-4(2,5(7,8)9)6(10,11)12;2*1-3-4-5(2)6(7,8)9;1-4-6(7,8)5(2)3;1-3-4-5(2)6(7)8;1-3-4-6(2)5-7;3*1-5-6(2,3)4;1-4-5-6(2)3;2*1-3-4(2)5(6,7)8;1-3-4(2)5(6)7;1-3-5(2)4-6;1-4-5(2)3/h5-6H2,1-4H3;3H2,1-2H3;2*5H,3-4H2,1-2H3;5H,4H2,1-3H3;5-6H,3-4H2,1-2H3;6H,3-5H2,1-2H3;3*5H2,1-4H3;6H,4-5H2,1-3H3;2*4H,3H2,1-2H3;4-5H,3H2,1-2H3;5H,3-4H2,1-2H3;5H,4H2,1-3H3/i;;3D2;;;;;5D2;;;;3D2;;;;. The van der Waals surface area contributed by atoms with Crippen LogP contribution >= 0.6 is 0 Å². The van der Waals surface area contributed by atoms with E-state index in [1.165, 1.54) is 86.5 Å². The summed E-state index contributed by atoms with van der Waals surface area (Å²) in [5, 5.41) is 0. The lowest BCUT2D eigenvalue weighted by atomic mass is 9.86. The zero-order chi connectivity index (χ0) is 105. The maximum Gasteiger partial charge on any atom is 0.402 e. The average Bonchev–Trinajstić information content (AvgIpc) is 0.778. The molecule has 0 aliphatic rings. The van der Waals surface area contributed by atoms with Crippen LogP contribution in [0.1, 0.15) is 447 Å². The van der Waals surface area contributed by atoms with Crippen molar-refractivity contribution in [2.45, 2.75) is 495 Å². The summed E-state index contributed by atoms with van der Waals surface area (Å²) in [6.07, 6.45) is -22.6. The van der Waals surface area contributed by atoms with Crippen LogP contribution in [0.25, 0.3) is 0 Å². The topological polar surface area (TPSA) is 0 Å². The average molecular weight is 1800 g/mol. The van der Waals surface area contributed by atoms with Gasteiger partial charge in [0, 0.05) is 32.4 Å². The molecule has 0 aromatic rings. The number of hydrogen-bond acceptors (Lipinski definition) is 0. The van der Waals surface area contributed by atoms with Gasteiger partial charge in [-0.15, -0.1) is 0 Å². The summed E-state index contributed by atoms with van der Waals surface area (Å²) >= 11 is 0. The fraction of sp³-hybridized carbons (Fsp3) is 1.00. The van der Waals surface area contributed by atoms with Crippen molar-refractivity contribution in [2.24, 2.45) is 92.2 Å². The highest BCUT2D eigenvalue weighted by atomic mass is 19.4. The third-order valence-corrected chi connectivity index (χ3v) is 17.5. The van der Waals surface area contributed by atoms with Gasteiger partial charge in [-0.05, 0) is 110 Å². The molecule has 0 aliphatic carbocycles. The molecule has 118 heavy (non-hydrogen) atoms. The summed E-state index contributed by atoms with van der Waals surface area (Å²) in [5.41, 5.74) is -2.18. The highest BCUT2D eigenvalue weighted by molar-refractivity contribution is 4.87. The molecule has 8 atom stereocenters. The summed E-state index contributed by atoms with van der Waals surface area (Å²) in [7, 11) is 0. The van der Waals surface area contributed by atoms with Crippen molar-refractivity contribution < 1.29 is 122 Å². The van der Waals surface area contributed by atoms with Crippen LogP contribution in [0.15, 0.2) is 0 Å². The summed E-state index contributed by atoms with van der Waals surface area (Å²) in [6.45, 7) is 77.1. The van der Waals surface area contributed by atoms with Crippen LogP contribution in [0.3, 0.4) is 0 Å². The van der Waals surface area contributed by atoms with Gasteiger partial charge in [0.1, 0.15) is 0 Å². The first-order valence-electron chi connectivity index (χ1n) is 45.7. The Balaban J connectivity index is -0.0000000720. The Morgan fingerprint density at radius 3 is 0.602 bits per heavy atom. The third kappa shape index (κ3) is 140. The SMILES string of the molecule is CCC(C)(C(F)(F)F)C(F)(F)F.CCC(C)(C)C.CCC(C)(C)C.CCC(C)C.CCC(C)C(F)(F)F.CCC(C)C(F)F.CCC(C)CF.CCC(F)(F)C(C)C.CCCC(C)(C)C.CCCC(C)C.CCCC(C)C(F)(F)F.CCCC(C)C(F)F.CCCC(C)CF.[2H]C([2H])(C)C(C)(C)C.[2H]C([2H])(C)C(C)C(F)(F)F.[2H]C([2H])(C)CC(C)C(F)(F)F. The van der Waals surface area contributed by atoms with E-state index in [-0.39, 0.29) is 56.8 Å². The van der Waals surface area contributed by atoms with Gasteiger partial charge in [-0.1, -0.05) is 368 Å². The van der Waals surface area contributed by atoms with Crippen LogP contribution in [0.4, 0.5) is 114 Å². The van der Waals surface area contributed by atoms with Gasteiger partial charge in [0.2, 0.25) is 18.8 Å². The molecule has 0 spiro atoms.